The number of imidazole rings is 1. The maximum Gasteiger partial charge on any atom is 0.238 e. The fraction of sp³-hybridized carbons (Fsp3) is 0.316. The van der Waals surface area contributed by atoms with Crippen molar-refractivity contribution in [3.05, 3.63) is 54.4 Å². The molecule has 1 heterocycles. The first-order valence-corrected chi connectivity index (χ1v) is 10.2. The Balaban J connectivity index is 2.02. The van der Waals surface area contributed by atoms with Gasteiger partial charge in [0, 0.05) is 19.3 Å². The Hall–Kier alpha value is -2.38. The van der Waals surface area contributed by atoms with E-state index < -0.39 is 10.0 Å². The molecule has 26 heavy (non-hydrogen) atoms. The van der Waals surface area contributed by atoms with Crippen molar-refractivity contribution in [2.24, 2.45) is 5.14 Å². The van der Waals surface area contributed by atoms with E-state index in [2.05, 4.69) is 28.5 Å². The third kappa shape index (κ3) is 3.89. The van der Waals surface area contributed by atoms with Crippen LogP contribution in [0.15, 0.2) is 53.4 Å². The van der Waals surface area contributed by atoms with Crippen LogP contribution >= 0.6 is 0 Å². The highest BCUT2D eigenvalue weighted by molar-refractivity contribution is 7.89. The smallest absolute Gasteiger partial charge is 0.238 e. The van der Waals surface area contributed by atoms with Crippen molar-refractivity contribution in [2.75, 3.05) is 11.9 Å². The molecule has 0 bridgehead atoms. The lowest BCUT2D eigenvalue weighted by molar-refractivity contribution is 0.598. The maximum absolute atomic E-state index is 11.6. The average molecular weight is 372 g/mol. The van der Waals surface area contributed by atoms with Gasteiger partial charge in [-0.05, 0) is 36.8 Å². The molecule has 0 aliphatic carbocycles. The highest BCUT2D eigenvalue weighted by Crippen LogP contribution is 2.23. The molecule has 0 saturated carbocycles. The molecule has 6 nitrogen and oxygen atoms in total. The van der Waals surface area contributed by atoms with E-state index in [0.29, 0.717) is 12.1 Å². The fourth-order valence-corrected chi connectivity index (χ4v) is 3.54. The number of anilines is 1. The molecule has 7 heteroatoms. The molecular weight excluding hydrogens is 348 g/mol. The Morgan fingerprint density at radius 1 is 1.15 bits per heavy atom. The van der Waals surface area contributed by atoms with E-state index in [0.717, 1.165) is 36.4 Å². The van der Waals surface area contributed by atoms with E-state index in [1.807, 2.05) is 25.2 Å². The lowest BCUT2D eigenvalue weighted by Crippen LogP contribution is -2.19. The van der Waals surface area contributed by atoms with Crippen LogP contribution in [0.2, 0.25) is 0 Å². The molecule has 0 saturated heterocycles. The molecule has 0 spiro atoms. The van der Waals surface area contributed by atoms with Gasteiger partial charge in [0.05, 0.1) is 22.5 Å². The normalized spacial score (nSPS) is 11.8. The minimum Gasteiger partial charge on any atom is -0.367 e. The number of fused-ring (bicyclic) bond motifs is 1. The largest absolute Gasteiger partial charge is 0.367 e. The zero-order valence-corrected chi connectivity index (χ0v) is 15.9. The summed E-state index contributed by atoms with van der Waals surface area (Å²) in [6, 6.07) is 15.0. The van der Waals surface area contributed by atoms with Gasteiger partial charge >= 0.3 is 0 Å². The zero-order valence-electron chi connectivity index (χ0n) is 15.1. The number of benzene rings is 2. The number of primary sulfonamides is 1. The van der Waals surface area contributed by atoms with Gasteiger partial charge in [0.1, 0.15) is 5.82 Å². The number of unbranched alkanes of at least 4 members (excludes halogenated alkanes) is 1. The number of nitrogens with zero attached hydrogens (tertiary/aromatic N) is 3. The van der Waals surface area contributed by atoms with Crippen LogP contribution in [-0.4, -0.2) is 25.0 Å². The zero-order chi connectivity index (χ0) is 18.7. The summed E-state index contributed by atoms with van der Waals surface area (Å²) in [6.45, 7) is 3.63. The molecule has 0 radical (unpaired) electrons. The minimum absolute atomic E-state index is 0.0908. The average Bonchev–Trinajstić information content (AvgIpc) is 2.96. The van der Waals surface area contributed by atoms with Crippen molar-refractivity contribution < 1.29 is 8.42 Å². The summed E-state index contributed by atoms with van der Waals surface area (Å²) in [5.41, 5.74) is 2.69. The summed E-state index contributed by atoms with van der Waals surface area (Å²) in [5.74, 6) is 0.909. The fourth-order valence-electron chi connectivity index (χ4n) is 3.01. The third-order valence-corrected chi connectivity index (χ3v) is 5.35. The quantitative estimate of drug-likeness (QED) is 0.691. The molecule has 0 fully saturated rings. The van der Waals surface area contributed by atoms with Gasteiger partial charge < -0.3 is 9.47 Å². The number of hydrogen-bond acceptors (Lipinski definition) is 4. The molecule has 0 unspecified atom stereocenters. The number of para-hydroxylation sites is 1. The Morgan fingerprint density at radius 3 is 2.54 bits per heavy atom. The topological polar surface area (TPSA) is 81.2 Å². The van der Waals surface area contributed by atoms with Gasteiger partial charge in [-0.1, -0.05) is 31.5 Å². The molecule has 3 rings (SSSR count). The predicted molar refractivity (Wildman–Crippen MR) is 105 cm³/mol. The molecular formula is C19H24N4O2S. The first-order chi connectivity index (χ1) is 12.4. The molecule has 1 aromatic heterocycles. The Morgan fingerprint density at radius 2 is 1.88 bits per heavy atom. The Kier molecular flexibility index (Phi) is 5.29. The van der Waals surface area contributed by atoms with E-state index in [1.165, 1.54) is 0 Å². The second-order valence-electron chi connectivity index (χ2n) is 6.42. The molecule has 0 atom stereocenters. The molecule has 2 N–H and O–H groups in total. The second-order valence-corrected chi connectivity index (χ2v) is 7.98. The van der Waals surface area contributed by atoms with Crippen molar-refractivity contribution in [3.8, 4) is 0 Å². The van der Waals surface area contributed by atoms with Crippen LogP contribution in [0.4, 0.5) is 5.69 Å². The number of aromatic nitrogens is 2. The summed E-state index contributed by atoms with van der Waals surface area (Å²) in [5, 5.41) is 5.26. The van der Waals surface area contributed by atoms with Gasteiger partial charge in [-0.25, -0.2) is 18.5 Å². The number of aryl methyl sites for hydroxylation is 1. The highest BCUT2D eigenvalue weighted by atomic mass is 32.2. The Bertz CT molecular complexity index is 997. The van der Waals surface area contributed by atoms with Crippen LogP contribution in [0.3, 0.4) is 0 Å². The van der Waals surface area contributed by atoms with Gasteiger partial charge in [-0.3, -0.25) is 0 Å². The summed E-state index contributed by atoms with van der Waals surface area (Å²) in [7, 11) is -1.72. The molecule has 2 aromatic carbocycles. The van der Waals surface area contributed by atoms with Crippen LogP contribution in [0, 0.1) is 0 Å². The van der Waals surface area contributed by atoms with Crippen LogP contribution in [0.5, 0.6) is 0 Å². The predicted octanol–water partition coefficient (Wildman–Crippen LogP) is 3.12. The number of nitrogens with two attached hydrogens (primary N) is 1. The van der Waals surface area contributed by atoms with Gasteiger partial charge in [0.2, 0.25) is 10.0 Å². The van der Waals surface area contributed by atoms with E-state index in [-0.39, 0.29) is 4.90 Å². The summed E-state index contributed by atoms with van der Waals surface area (Å²) >= 11 is 0. The monoisotopic (exact) mass is 372 g/mol. The number of hydrogen-bond donors (Lipinski definition) is 1. The van der Waals surface area contributed by atoms with E-state index >= 15 is 0 Å². The number of rotatable bonds is 7. The van der Waals surface area contributed by atoms with Crippen molar-refractivity contribution in [2.45, 2.75) is 37.8 Å². The minimum atomic E-state index is -3.74. The first-order valence-electron chi connectivity index (χ1n) is 8.68. The van der Waals surface area contributed by atoms with E-state index in [9.17, 15) is 8.42 Å². The van der Waals surface area contributed by atoms with E-state index in [1.54, 1.807) is 18.2 Å². The SMILES string of the molecule is CCCCn1c(CN(C)c2ccccc2)nc2cc(S(N)(=O)=O)ccc21. The van der Waals surface area contributed by atoms with Crippen LogP contribution < -0.4 is 10.0 Å². The van der Waals surface area contributed by atoms with Gasteiger partial charge in [0.15, 0.2) is 0 Å². The molecule has 138 valence electrons. The molecule has 0 aliphatic heterocycles. The number of sulfonamides is 1. The lowest BCUT2D eigenvalue weighted by Gasteiger charge is -2.19. The third-order valence-electron chi connectivity index (χ3n) is 4.44. The van der Waals surface area contributed by atoms with Crippen molar-refractivity contribution in [3.63, 3.8) is 0 Å². The summed E-state index contributed by atoms with van der Waals surface area (Å²) in [6.07, 6.45) is 2.10. The standard InChI is InChI=1S/C19H24N4O2S/c1-3-4-12-23-18-11-10-16(26(20,24)25)13-17(18)21-19(23)14-22(2)15-8-6-5-7-9-15/h5-11,13H,3-4,12,14H2,1-2H3,(H2,20,24,25). The summed E-state index contributed by atoms with van der Waals surface area (Å²) < 4.78 is 25.4. The first kappa shape index (κ1) is 18.4. The van der Waals surface area contributed by atoms with Crippen molar-refractivity contribution in [1.29, 1.82) is 0 Å². The second kappa shape index (κ2) is 7.47. The molecule has 0 amide bonds. The van der Waals surface area contributed by atoms with Crippen LogP contribution in [0.1, 0.15) is 25.6 Å². The van der Waals surface area contributed by atoms with Crippen molar-refractivity contribution >= 4 is 26.7 Å². The van der Waals surface area contributed by atoms with Gasteiger partial charge in [0.25, 0.3) is 0 Å². The molecule has 0 aliphatic rings. The summed E-state index contributed by atoms with van der Waals surface area (Å²) in [4.78, 5) is 6.93. The highest BCUT2D eigenvalue weighted by Gasteiger charge is 2.16. The maximum atomic E-state index is 11.6. The van der Waals surface area contributed by atoms with Crippen molar-refractivity contribution in [1.82, 2.24) is 9.55 Å². The molecule has 3 aromatic rings. The van der Waals surface area contributed by atoms with Crippen LogP contribution in [-0.2, 0) is 23.1 Å². The van der Waals surface area contributed by atoms with Gasteiger partial charge in [-0.15, -0.1) is 0 Å². The Labute approximate surface area is 154 Å². The lowest BCUT2D eigenvalue weighted by atomic mass is 10.3. The van der Waals surface area contributed by atoms with Gasteiger partial charge in [-0.2, -0.15) is 0 Å². The van der Waals surface area contributed by atoms with Crippen LogP contribution in [0.25, 0.3) is 11.0 Å². The van der Waals surface area contributed by atoms with E-state index in [4.69, 9.17) is 10.1 Å².